The Kier molecular flexibility index (Phi) is 5.68. The fourth-order valence-corrected chi connectivity index (χ4v) is 3.89. The Morgan fingerprint density at radius 3 is 2.47 bits per heavy atom. The van der Waals surface area contributed by atoms with Gasteiger partial charge in [-0.05, 0) is 42.3 Å². The number of hydrogen-bond acceptors (Lipinski definition) is 7. The lowest BCUT2D eigenvalue weighted by atomic mass is 9.83. The van der Waals surface area contributed by atoms with Crippen molar-refractivity contribution in [3.8, 4) is 11.5 Å². The van der Waals surface area contributed by atoms with Crippen LogP contribution in [0.2, 0.25) is 0 Å². The van der Waals surface area contributed by atoms with E-state index in [1.54, 1.807) is 54.4 Å². The largest absolute Gasteiger partial charge is 0.497 e. The number of nitrogens with zero attached hydrogens (tertiary/aromatic N) is 2. The zero-order valence-electron chi connectivity index (χ0n) is 18.0. The van der Waals surface area contributed by atoms with E-state index in [0.717, 1.165) is 5.56 Å². The Balaban J connectivity index is 1.93. The summed E-state index contributed by atoms with van der Waals surface area (Å²) in [5.41, 5.74) is 8.58. The van der Waals surface area contributed by atoms with Gasteiger partial charge in [0.05, 0.1) is 32.2 Å². The number of aromatic nitrogens is 2. The average molecular weight is 433 g/mol. The lowest BCUT2D eigenvalue weighted by Gasteiger charge is -2.29. The molecule has 0 amide bonds. The summed E-state index contributed by atoms with van der Waals surface area (Å²) in [6.45, 7) is 2.17. The van der Waals surface area contributed by atoms with Crippen molar-refractivity contribution in [2.24, 2.45) is 5.73 Å². The Hall–Kier alpha value is -4.07. The topological polar surface area (TPSA) is 106 Å². The third-order valence-electron chi connectivity index (χ3n) is 5.51. The maximum Gasteiger partial charge on any atom is 0.340 e. The molecule has 164 valence electrons. The molecule has 1 aliphatic heterocycles. The van der Waals surface area contributed by atoms with Crippen molar-refractivity contribution < 1.29 is 19.0 Å². The summed E-state index contributed by atoms with van der Waals surface area (Å²) in [6.07, 6.45) is 3.35. The van der Waals surface area contributed by atoms with Crippen molar-refractivity contribution in [2.45, 2.75) is 19.4 Å². The molecule has 8 nitrogen and oxygen atoms in total. The highest BCUT2D eigenvalue weighted by molar-refractivity contribution is 5.92. The van der Waals surface area contributed by atoms with Gasteiger partial charge in [-0.2, -0.15) is 0 Å². The van der Waals surface area contributed by atoms with Crippen LogP contribution < -0.4 is 20.8 Å². The van der Waals surface area contributed by atoms with Gasteiger partial charge in [0.2, 0.25) is 5.88 Å². The van der Waals surface area contributed by atoms with E-state index in [1.165, 1.54) is 7.11 Å². The number of carbonyl (C=O) groups is 1. The number of nitrogens with two attached hydrogens (primary N) is 1. The van der Waals surface area contributed by atoms with E-state index in [2.05, 4.69) is 4.98 Å². The van der Waals surface area contributed by atoms with Crippen LogP contribution in [0, 0.1) is 6.92 Å². The first-order valence-corrected chi connectivity index (χ1v) is 9.97. The van der Waals surface area contributed by atoms with E-state index in [9.17, 15) is 9.59 Å². The summed E-state index contributed by atoms with van der Waals surface area (Å²) in [4.78, 5) is 30.4. The second-order valence-corrected chi connectivity index (χ2v) is 7.39. The van der Waals surface area contributed by atoms with E-state index in [0.29, 0.717) is 34.9 Å². The number of esters is 1. The highest BCUT2D eigenvalue weighted by Crippen LogP contribution is 2.41. The van der Waals surface area contributed by atoms with Crippen LogP contribution in [0.1, 0.15) is 28.3 Å². The van der Waals surface area contributed by atoms with Crippen LogP contribution in [0.25, 0.3) is 0 Å². The second-order valence-electron chi connectivity index (χ2n) is 7.39. The molecule has 1 aliphatic rings. The third-order valence-corrected chi connectivity index (χ3v) is 5.51. The van der Waals surface area contributed by atoms with Crippen molar-refractivity contribution in [2.75, 3.05) is 14.2 Å². The molecule has 2 N–H and O–H groups in total. The number of carbonyl (C=O) groups excluding carboxylic acids is 1. The third kappa shape index (κ3) is 3.71. The zero-order valence-corrected chi connectivity index (χ0v) is 18.0. The van der Waals surface area contributed by atoms with Gasteiger partial charge in [-0.3, -0.25) is 9.78 Å². The van der Waals surface area contributed by atoms with E-state index in [1.807, 2.05) is 19.1 Å². The fraction of sp³-hybridized carbons (Fsp3) is 0.208. The van der Waals surface area contributed by atoms with Gasteiger partial charge in [-0.1, -0.05) is 12.1 Å². The van der Waals surface area contributed by atoms with Gasteiger partial charge in [0, 0.05) is 24.2 Å². The van der Waals surface area contributed by atoms with Gasteiger partial charge in [0.1, 0.15) is 17.1 Å². The number of benzene rings is 1. The quantitative estimate of drug-likeness (QED) is 0.616. The molecule has 8 heteroatoms. The van der Waals surface area contributed by atoms with Gasteiger partial charge in [0.25, 0.3) is 5.56 Å². The minimum absolute atomic E-state index is 0.0848. The summed E-state index contributed by atoms with van der Waals surface area (Å²) in [7, 11) is 2.83. The van der Waals surface area contributed by atoms with Crippen LogP contribution in [0.4, 0.5) is 0 Å². The van der Waals surface area contributed by atoms with E-state index < -0.39 is 11.9 Å². The maximum absolute atomic E-state index is 13.7. The number of rotatable bonds is 5. The Morgan fingerprint density at radius 2 is 1.84 bits per heavy atom. The number of fused-ring (bicyclic) bond motifs is 1. The lowest BCUT2D eigenvalue weighted by molar-refractivity contribution is -0.136. The molecule has 3 heterocycles. The monoisotopic (exact) mass is 433 g/mol. The molecule has 0 bridgehead atoms. The minimum Gasteiger partial charge on any atom is -0.497 e. The normalized spacial score (nSPS) is 15.0. The summed E-state index contributed by atoms with van der Waals surface area (Å²) in [6, 6.07) is 12.6. The summed E-state index contributed by atoms with van der Waals surface area (Å²) >= 11 is 0. The van der Waals surface area contributed by atoms with E-state index in [4.69, 9.17) is 19.9 Å². The highest BCUT2D eigenvalue weighted by atomic mass is 16.5. The van der Waals surface area contributed by atoms with Gasteiger partial charge in [-0.15, -0.1) is 0 Å². The first-order valence-electron chi connectivity index (χ1n) is 9.97. The summed E-state index contributed by atoms with van der Waals surface area (Å²) in [5.74, 6) is -0.527. The highest BCUT2D eigenvalue weighted by Gasteiger charge is 2.38. The van der Waals surface area contributed by atoms with Crippen molar-refractivity contribution in [3.63, 3.8) is 0 Å². The molecule has 1 aromatic carbocycles. The first kappa shape index (κ1) is 21.2. The number of pyridine rings is 2. The lowest BCUT2D eigenvalue weighted by Crippen LogP contribution is -2.35. The number of aryl methyl sites for hydroxylation is 1. The number of hydrogen-bond donors (Lipinski definition) is 1. The molecule has 0 unspecified atom stereocenters. The van der Waals surface area contributed by atoms with E-state index >= 15 is 0 Å². The first-order chi connectivity index (χ1) is 15.4. The van der Waals surface area contributed by atoms with Gasteiger partial charge in [-0.25, -0.2) is 4.79 Å². The molecular formula is C24H23N3O5. The maximum atomic E-state index is 13.7. The van der Waals surface area contributed by atoms with E-state index in [-0.39, 0.29) is 17.0 Å². The van der Waals surface area contributed by atoms with Crippen molar-refractivity contribution in [1.82, 2.24) is 9.55 Å². The summed E-state index contributed by atoms with van der Waals surface area (Å²) < 4.78 is 17.6. The SMILES string of the molecule is COC(=O)C1=C(N)Oc2cc(C)n(Cc3ccncc3)c(=O)c2[C@H]1c1ccc(OC)cc1. The van der Waals surface area contributed by atoms with Crippen LogP contribution in [0.3, 0.4) is 0 Å². The molecule has 1 atom stereocenters. The minimum atomic E-state index is -0.756. The molecule has 0 saturated heterocycles. The molecule has 4 rings (SSSR count). The molecule has 32 heavy (non-hydrogen) atoms. The molecule has 3 aromatic rings. The molecular weight excluding hydrogens is 410 g/mol. The molecule has 0 fully saturated rings. The van der Waals surface area contributed by atoms with Crippen LogP contribution in [-0.4, -0.2) is 29.7 Å². The Bertz CT molecular complexity index is 1250. The molecule has 2 aromatic heterocycles. The van der Waals surface area contributed by atoms with Crippen molar-refractivity contribution >= 4 is 5.97 Å². The fourth-order valence-electron chi connectivity index (χ4n) is 3.89. The van der Waals surface area contributed by atoms with Crippen LogP contribution in [0.15, 0.2) is 71.1 Å². The van der Waals surface area contributed by atoms with Gasteiger partial charge in [0.15, 0.2) is 0 Å². The second kappa shape index (κ2) is 8.58. The number of methoxy groups -OCH3 is 2. The van der Waals surface area contributed by atoms with Gasteiger partial charge < -0.3 is 24.5 Å². The Morgan fingerprint density at radius 1 is 1.16 bits per heavy atom. The molecule has 0 saturated carbocycles. The Labute approximate surface area is 184 Å². The molecule has 0 aliphatic carbocycles. The zero-order chi connectivity index (χ0) is 22.8. The van der Waals surface area contributed by atoms with Crippen molar-refractivity contribution in [1.29, 1.82) is 0 Å². The number of ether oxygens (including phenoxy) is 3. The smallest absolute Gasteiger partial charge is 0.340 e. The van der Waals surface area contributed by atoms with Gasteiger partial charge >= 0.3 is 5.97 Å². The summed E-state index contributed by atoms with van der Waals surface area (Å²) in [5, 5.41) is 0. The van der Waals surface area contributed by atoms with Crippen LogP contribution in [-0.2, 0) is 16.1 Å². The molecule has 0 spiro atoms. The van der Waals surface area contributed by atoms with Crippen molar-refractivity contribution in [3.05, 3.63) is 99.1 Å². The average Bonchev–Trinajstić information content (AvgIpc) is 2.81. The predicted molar refractivity (Wildman–Crippen MR) is 117 cm³/mol. The standard InChI is InChI=1S/C24H23N3O5/c1-14-12-18-20(23(28)27(14)13-15-8-10-26-11-9-15)19(16-4-6-17(30-2)7-5-16)21(22(25)32-18)24(29)31-3/h4-12,19H,13,25H2,1-3H3/t19-/m1/s1. The predicted octanol–water partition coefficient (Wildman–Crippen LogP) is 2.48. The van der Waals surface area contributed by atoms with Crippen LogP contribution >= 0.6 is 0 Å². The molecule has 0 radical (unpaired) electrons. The van der Waals surface area contributed by atoms with Crippen LogP contribution in [0.5, 0.6) is 11.5 Å².